The van der Waals surface area contributed by atoms with E-state index in [2.05, 4.69) is 93.9 Å². The van der Waals surface area contributed by atoms with E-state index in [1.165, 1.54) is 32.6 Å². The molecular formula is C36H36IrN2OSi-2. The predicted molar refractivity (Wildman–Crippen MR) is 171 cm³/mol. The Kier molecular flexibility index (Phi) is 9.43. The monoisotopic (exact) mass is 733 g/mol. The predicted octanol–water partition coefficient (Wildman–Crippen LogP) is 9.28. The quantitative estimate of drug-likeness (QED) is 0.134. The largest absolute Gasteiger partial charge is 0.501 e. The summed E-state index contributed by atoms with van der Waals surface area (Å²) in [6.45, 7) is 15.8. The molecule has 6 rings (SSSR count). The zero-order chi connectivity index (χ0) is 28.4. The molecule has 6 aromatic rings. The first kappa shape index (κ1) is 30.6. The molecule has 0 atom stereocenters. The fraction of sp³-hybridized carbons (Fsp3) is 0.222. The first-order chi connectivity index (χ1) is 19.1. The third kappa shape index (κ3) is 6.43. The maximum atomic E-state index is 6.38. The molecule has 3 aromatic carbocycles. The van der Waals surface area contributed by atoms with E-state index in [-0.39, 0.29) is 20.1 Å². The van der Waals surface area contributed by atoms with E-state index in [0.717, 1.165) is 33.7 Å². The van der Waals surface area contributed by atoms with Crippen molar-refractivity contribution >= 4 is 35.2 Å². The molecule has 0 aliphatic carbocycles. The van der Waals surface area contributed by atoms with Crippen LogP contribution in [0, 0.1) is 26.0 Å². The van der Waals surface area contributed by atoms with E-state index >= 15 is 0 Å². The van der Waals surface area contributed by atoms with Crippen LogP contribution >= 0.6 is 0 Å². The molecule has 0 aliphatic rings. The Labute approximate surface area is 258 Å². The molecule has 1 radical (unpaired) electrons. The fourth-order valence-corrected chi connectivity index (χ4v) is 6.65. The zero-order valence-corrected chi connectivity index (χ0v) is 28.2. The molecule has 0 saturated heterocycles. The van der Waals surface area contributed by atoms with Crippen molar-refractivity contribution in [2.24, 2.45) is 0 Å². The van der Waals surface area contributed by atoms with Crippen LogP contribution in [0.3, 0.4) is 0 Å². The third-order valence-corrected chi connectivity index (χ3v) is 9.27. The SMILES string of the molecule is Cc1c(C(C)C)ccnc1-c1[c-]cc([Si](C)(C)C)c2c1oc1ccccc12.Cc1ccc(-c2[c-]cccc2)nc1.[Ir]. The molecule has 0 aliphatic heterocycles. The van der Waals surface area contributed by atoms with Gasteiger partial charge in [0.15, 0.2) is 0 Å². The number of nitrogens with zero attached hydrogens (tertiary/aromatic N) is 2. The summed E-state index contributed by atoms with van der Waals surface area (Å²) in [6.07, 6.45) is 3.78. The molecule has 41 heavy (non-hydrogen) atoms. The maximum Gasteiger partial charge on any atom is 0.120 e. The van der Waals surface area contributed by atoms with E-state index in [0.29, 0.717) is 5.92 Å². The van der Waals surface area contributed by atoms with Crippen molar-refractivity contribution in [1.82, 2.24) is 9.97 Å². The molecule has 0 unspecified atom stereocenters. The molecule has 0 fully saturated rings. The fourth-order valence-electron chi connectivity index (χ4n) is 5.15. The first-order valence-electron chi connectivity index (χ1n) is 13.9. The van der Waals surface area contributed by atoms with Gasteiger partial charge in [0.2, 0.25) is 0 Å². The second kappa shape index (κ2) is 12.6. The minimum atomic E-state index is -1.56. The van der Waals surface area contributed by atoms with Gasteiger partial charge in [-0.15, -0.1) is 53.2 Å². The van der Waals surface area contributed by atoms with E-state index in [4.69, 9.17) is 9.40 Å². The molecule has 5 heteroatoms. The van der Waals surface area contributed by atoms with E-state index in [1.54, 1.807) is 0 Å². The van der Waals surface area contributed by atoms with Gasteiger partial charge in [-0.3, -0.25) is 0 Å². The van der Waals surface area contributed by atoms with Crippen molar-refractivity contribution < 1.29 is 24.5 Å². The number of aryl methyl sites for hydroxylation is 1. The van der Waals surface area contributed by atoms with Crippen LogP contribution in [-0.4, -0.2) is 18.0 Å². The molecule has 0 spiro atoms. The van der Waals surface area contributed by atoms with Crippen molar-refractivity contribution in [3.05, 3.63) is 114 Å². The van der Waals surface area contributed by atoms with Crippen LogP contribution in [0.15, 0.2) is 89.6 Å². The Bertz CT molecular complexity index is 1770. The first-order valence-corrected chi connectivity index (χ1v) is 17.4. The summed E-state index contributed by atoms with van der Waals surface area (Å²) in [5.41, 5.74) is 9.56. The normalized spacial score (nSPS) is 11.3. The summed E-state index contributed by atoms with van der Waals surface area (Å²) in [4.78, 5) is 9.04. The van der Waals surface area contributed by atoms with Crippen LogP contribution in [0.5, 0.6) is 0 Å². The Morgan fingerprint density at radius 1 is 0.854 bits per heavy atom. The molecule has 3 heterocycles. The molecule has 211 valence electrons. The Hall–Kier alpha value is -3.37. The molecule has 0 bridgehead atoms. The average molecular weight is 733 g/mol. The molecule has 3 aromatic heterocycles. The summed E-state index contributed by atoms with van der Waals surface area (Å²) < 4.78 is 6.38. The third-order valence-electron chi connectivity index (χ3n) is 7.26. The summed E-state index contributed by atoms with van der Waals surface area (Å²) in [7, 11) is -1.56. The van der Waals surface area contributed by atoms with Crippen LogP contribution in [0.4, 0.5) is 0 Å². The molecule has 3 nitrogen and oxygen atoms in total. The van der Waals surface area contributed by atoms with Crippen LogP contribution in [0.2, 0.25) is 19.6 Å². The topological polar surface area (TPSA) is 38.9 Å². The van der Waals surface area contributed by atoms with Crippen molar-refractivity contribution in [3.63, 3.8) is 0 Å². The Morgan fingerprint density at radius 2 is 1.61 bits per heavy atom. The number of hydrogen-bond acceptors (Lipinski definition) is 3. The van der Waals surface area contributed by atoms with Crippen molar-refractivity contribution in [2.45, 2.75) is 53.3 Å². The van der Waals surface area contributed by atoms with Crippen LogP contribution in [0.1, 0.15) is 36.5 Å². The molecule has 0 N–H and O–H groups in total. The van der Waals surface area contributed by atoms with Gasteiger partial charge in [-0.05, 0) is 54.4 Å². The Morgan fingerprint density at radius 3 is 2.27 bits per heavy atom. The van der Waals surface area contributed by atoms with Gasteiger partial charge in [-0.1, -0.05) is 80.3 Å². The van der Waals surface area contributed by atoms with Gasteiger partial charge in [-0.25, -0.2) is 0 Å². The number of aromatic nitrogens is 2. The smallest absolute Gasteiger partial charge is 0.120 e. The van der Waals surface area contributed by atoms with Crippen LogP contribution in [0.25, 0.3) is 44.5 Å². The van der Waals surface area contributed by atoms with E-state index < -0.39 is 8.07 Å². The van der Waals surface area contributed by atoms with E-state index in [9.17, 15) is 0 Å². The van der Waals surface area contributed by atoms with Gasteiger partial charge in [0.1, 0.15) is 5.58 Å². The van der Waals surface area contributed by atoms with Gasteiger partial charge < -0.3 is 14.4 Å². The number of benzene rings is 3. The second-order valence-electron chi connectivity index (χ2n) is 11.7. The second-order valence-corrected chi connectivity index (χ2v) is 16.7. The number of rotatable bonds is 4. The van der Waals surface area contributed by atoms with E-state index in [1.807, 2.05) is 55.7 Å². The van der Waals surface area contributed by atoms with Gasteiger partial charge in [-0.2, -0.15) is 0 Å². The summed E-state index contributed by atoms with van der Waals surface area (Å²) in [6, 6.07) is 31.3. The van der Waals surface area contributed by atoms with Crippen molar-refractivity contribution in [3.8, 4) is 22.5 Å². The summed E-state index contributed by atoms with van der Waals surface area (Å²) in [5.74, 6) is 0.458. The number of para-hydroxylation sites is 1. The van der Waals surface area contributed by atoms with Crippen molar-refractivity contribution in [2.75, 3.05) is 0 Å². The van der Waals surface area contributed by atoms with Gasteiger partial charge in [0.05, 0.1) is 5.58 Å². The van der Waals surface area contributed by atoms with Gasteiger partial charge >= 0.3 is 0 Å². The van der Waals surface area contributed by atoms with Crippen LogP contribution < -0.4 is 5.19 Å². The number of hydrogen-bond donors (Lipinski definition) is 0. The minimum Gasteiger partial charge on any atom is -0.501 e. The van der Waals surface area contributed by atoms with Gasteiger partial charge in [0, 0.05) is 46.0 Å². The van der Waals surface area contributed by atoms with Crippen LogP contribution in [-0.2, 0) is 20.1 Å². The summed E-state index contributed by atoms with van der Waals surface area (Å²) in [5, 5.41) is 3.83. The van der Waals surface area contributed by atoms with Gasteiger partial charge in [0.25, 0.3) is 0 Å². The minimum absolute atomic E-state index is 0. The number of fused-ring (bicyclic) bond motifs is 3. The number of furan rings is 1. The Balaban J connectivity index is 0.000000233. The maximum absolute atomic E-state index is 6.38. The standard InChI is InChI=1S/C24H26NOSi.C12H10N.Ir/c1-15(2)17-13-14-25-23(16(17)3)19-11-12-21(27(4,5)6)22-18-9-7-8-10-20(18)26-24(19)22;1-10-7-8-12(13-9-10)11-5-3-2-4-6-11;/h7-10,12-15H,1-6H3;2-5,7-9H,1H3;/q2*-1;. The average Bonchev–Trinajstić information content (AvgIpc) is 3.33. The summed E-state index contributed by atoms with van der Waals surface area (Å²) >= 11 is 0. The number of pyridine rings is 2. The zero-order valence-electron chi connectivity index (χ0n) is 24.8. The van der Waals surface area contributed by atoms with Crippen molar-refractivity contribution in [1.29, 1.82) is 0 Å². The molecular weight excluding hydrogens is 697 g/mol. The molecule has 0 saturated carbocycles. The molecule has 0 amide bonds.